The fourth-order valence-corrected chi connectivity index (χ4v) is 1.67. The van der Waals surface area contributed by atoms with Crippen molar-refractivity contribution in [2.24, 2.45) is 5.92 Å². The molecule has 100 valence electrons. The summed E-state index contributed by atoms with van der Waals surface area (Å²) in [5.74, 6) is 1.41. The molecule has 0 aliphatic rings. The van der Waals surface area contributed by atoms with Gasteiger partial charge in [0, 0.05) is 26.8 Å². The molecule has 3 heteroatoms. The predicted octanol–water partition coefficient (Wildman–Crippen LogP) is 2.62. The highest BCUT2D eigenvalue weighted by molar-refractivity contribution is 5.27. The molecule has 1 rings (SSSR count). The van der Waals surface area contributed by atoms with Gasteiger partial charge in [0.2, 0.25) is 0 Å². The number of hydrogen-bond acceptors (Lipinski definition) is 3. The largest absolute Gasteiger partial charge is 0.490 e. The molecule has 0 heterocycles. The Labute approximate surface area is 110 Å². The summed E-state index contributed by atoms with van der Waals surface area (Å²) >= 11 is 0. The molecule has 18 heavy (non-hydrogen) atoms. The molecule has 3 nitrogen and oxygen atoms in total. The molecule has 0 aromatic heterocycles. The number of methoxy groups -OCH3 is 1. The third-order valence-electron chi connectivity index (χ3n) is 2.56. The fourth-order valence-electron chi connectivity index (χ4n) is 1.67. The van der Waals surface area contributed by atoms with E-state index in [2.05, 4.69) is 31.0 Å². The molecule has 0 fully saturated rings. The van der Waals surface area contributed by atoms with Crippen molar-refractivity contribution in [2.75, 3.05) is 26.9 Å². The fraction of sp³-hybridized carbons (Fsp3) is 0.467. The van der Waals surface area contributed by atoms with Crippen molar-refractivity contribution < 1.29 is 9.47 Å². The normalized spacial score (nSPS) is 12.1. The molecule has 1 N–H and O–H groups in total. The summed E-state index contributed by atoms with van der Waals surface area (Å²) in [6, 6.07) is 8.12. The predicted molar refractivity (Wildman–Crippen MR) is 74.9 cm³/mol. The van der Waals surface area contributed by atoms with Gasteiger partial charge >= 0.3 is 0 Å². The van der Waals surface area contributed by atoms with Crippen molar-refractivity contribution in [3.05, 3.63) is 42.5 Å². The van der Waals surface area contributed by atoms with E-state index in [1.807, 2.05) is 12.1 Å². The Balaban J connectivity index is 2.28. The molecule has 1 aromatic carbocycles. The second-order valence-corrected chi connectivity index (χ2v) is 4.44. The van der Waals surface area contributed by atoms with E-state index in [-0.39, 0.29) is 0 Å². The summed E-state index contributed by atoms with van der Waals surface area (Å²) in [6.07, 6.45) is 1.74. The maximum absolute atomic E-state index is 5.43. The maximum Gasteiger partial charge on any atom is 0.119 e. The van der Waals surface area contributed by atoms with Gasteiger partial charge in [-0.2, -0.15) is 0 Å². The van der Waals surface area contributed by atoms with Crippen molar-refractivity contribution in [1.29, 1.82) is 0 Å². The van der Waals surface area contributed by atoms with E-state index < -0.39 is 0 Å². The van der Waals surface area contributed by atoms with Crippen molar-refractivity contribution >= 4 is 0 Å². The van der Waals surface area contributed by atoms with Crippen LogP contribution in [0.1, 0.15) is 12.5 Å². The molecule has 0 amide bonds. The van der Waals surface area contributed by atoms with E-state index in [1.54, 1.807) is 13.2 Å². The smallest absolute Gasteiger partial charge is 0.119 e. The Bertz CT molecular complexity index is 335. The molecule has 0 spiro atoms. The van der Waals surface area contributed by atoms with E-state index >= 15 is 0 Å². The molecule has 1 unspecified atom stereocenters. The second kappa shape index (κ2) is 8.72. The lowest BCUT2D eigenvalue weighted by molar-refractivity contribution is 0.158. The Morgan fingerprint density at radius 3 is 2.67 bits per heavy atom. The van der Waals surface area contributed by atoms with E-state index in [4.69, 9.17) is 9.47 Å². The van der Waals surface area contributed by atoms with Crippen LogP contribution in [0.4, 0.5) is 0 Å². The SMILES string of the molecule is C=CCOc1ccc(CNCC(C)COC)cc1. The zero-order valence-corrected chi connectivity index (χ0v) is 11.3. The molecule has 0 bridgehead atoms. The zero-order chi connectivity index (χ0) is 13.2. The minimum absolute atomic E-state index is 0.533. The van der Waals surface area contributed by atoms with Crippen LogP contribution in [-0.4, -0.2) is 26.9 Å². The minimum atomic E-state index is 0.533. The Hall–Kier alpha value is -1.32. The highest BCUT2D eigenvalue weighted by Crippen LogP contribution is 2.12. The number of hydrogen-bond donors (Lipinski definition) is 1. The average Bonchev–Trinajstić information content (AvgIpc) is 2.38. The van der Waals surface area contributed by atoms with Gasteiger partial charge in [-0.25, -0.2) is 0 Å². The van der Waals surface area contributed by atoms with Gasteiger partial charge < -0.3 is 14.8 Å². The molecular weight excluding hydrogens is 226 g/mol. The van der Waals surface area contributed by atoms with Crippen LogP contribution in [0, 0.1) is 5.92 Å². The first-order valence-electron chi connectivity index (χ1n) is 6.28. The molecule has 0 saturated carbocycles. The number of ether oxygens (including phenoxy) is 2. The van der Waals surface area contributed by atoms with Gasteiger partial charge in [0.05, 0.1) is 0 Å². The number of rotatable bonds is 9. The van der Waals surface area contributed by atoms with Crippen LogP contribution in [0.5, 0.6) is 5.75 Å². The molecule has 0 aliphatic carbocycles. The van der Waals surface area contributed by atoms with Crippen LogP contribution in [-0.2, 0) is 11.3 Å². The van der Waals surface area contributed by atoms with Gasteiger partial charge in [-0.3, -0.25) is 0 Å². The van der Waals surface area contributed by atoms with Crippen LogP contribution >= 0.6 is 0 Å². The van der Waals surface area contributed by atoms with Crippen molar-refractivity contribution in [3.8, 4) is 5.75 Å². The molecule has 1 atom stereocenters. The van der Waals surface area contributed by atoms with Gasteiger partial charge in [0.15, 0.2) is 0 Å². The first-order valence-corrected chi connectivity index (χ1v) is 6.28. The second-order valence-electron chi connectivity index (χ2n) is 4.44. The monoisotopic (exact) mass is 249 g/mol. The first kappa shape index (κ1) is 14.7. The van der Waals surface area contributed by atoms with E-state index in [0.29, 0.717) is 12.5 Å². The van der Waals surface area contributed by atoms with E-state index in [9.17, 15) is 0 Å². The summed E-state index contributed by atoms with van der Waals surface area (Å²) in [5.41, 5.74) is 1.26. The molecule has 0 aliphatic heterocycles. The van der Waals surface area contributed by atoms with E-state index in [1.165, 1.54) is 5.56 Å². The maximum atomic E-state index is 5.43. The Morgan fingerprint density at radius 2 is 2.06 bits per heavy atom. The van der Waals surface area contributed by atoms with Crippen molar-refractivity contribution in [3.63, 3.8) is 0 Å². The lowest BCUT2D eigenvalue weighted by atomic mass is 10.2. The molecule has 0 radical (unpaired) electrons. The lowest BCUT2D eigenvalue weighted by Crippen LogP contribution is -2.23. The number of nitrogens with one attached hydrogen (secondary N) is 1. The van der Waals surface area contributed by atoms with Gasteiger partial charge in [-0.1, -0.05) is 31.7 Å². The third-order valence-corrected chi connectivity index (χ3v) is 2.56. The summed E-state index contributed by atoms with van der Waals surface area (Å²) in [4.78, 5) is 0. The topological polar surface area (TPSA) is 30.5 Å². The number of benzene rings is 1. The molecule has 0 saturated heterocycles. The lowest BCUT2D eigenvalue weighted by Gasteiger charge is -2.11. The van der Waals surface area contributed by atoms with Gasteiger partial charge in [-0.15, -0.1) is 0 Å². The van der Waals surface area contributed by atoms with Crippen LogP contribution in [0.25, 0.3) is 0 Å². The van der Waals surface area contributed by atoms with Crippen LogP contribution in [0.2, 0.25) is 0 Å². The Morgan fingerprint density at radius 1 is 1.33 bits per heavy atom. The van der Waals surface area contributed by atoms with Crippen LogP contribution < -0.4 is 10.1 Å². The van der Waals surface area contributed by atoms with Crippen molar-refractivity contribution in [2.45, 2.75) is 13.5 Å². The van der Waals surface area contributed by atoms with Crippen molar-refractivity contribution in [1.82, 2.24) is 5.32 Å². The summed E-state index contributed by atoms with van der Waals surface area (Å²) in [5, 5.41) is 3.41. The standard InChI is InChI=1S/C15H23NO2/c1-4-9-18-15-7-5-14(6-8-15)11-16-10-13(2)12-17-3/h4-8,13,16H,1,9-12H2,2-3H3. The molecule has 1 aromatic rings. The highest BCUT2D eigenvalue weighted by Gasteiger charge is 2.00. The van der Waals surface area contributed by atoms with Gasteiger partial charge in [-0.05, 0) is 23.6 Å². The summed E-state index contributed by atoms with van der Waals surface area (Å²) < 4.78 is 10.5. The molecular formula is C15H23NO2. The summed E-state index contributed by atoms with van der Waals surface area (Å²) in [7, 11) is 1.73. The third kappa shape index (κ3) is 5.84. The highest BCUT2D eigenvalue weighted by atomic mass is 16.5. The van der Waals surface area contributed by atoms with Gasteiger partial charge in [0.1, 0.15) is 12.4 Å². The van der Waals surface area contributed by atoms with Gasteiger partial charge in [0.25, 0.3) is 0 Å². The minimum Gasteiger partial charge on any atom is -0.490 e. The Kier molecular flexibility index (Phi) is 7.14. The summed E-state index contributed by atoms with van der Waals surface area (Å²) in [6.45, 7) is 8.96. The zero-order valence-electron chi connectivity index (χ0n) is 11.3. The van der Waals surface area contributed by atoms with E-state index in [0.717, 1.165) is 25.4 Å². The average molecular weight is 249 g/mol. The van der Waals surface area contributed by atoms with Crippen LogP contribution in [0.15, 0.2) is 36.9 Å². The first-order chi connectivity index (χ1) is 8.76. The quantitative estimate of drug-likeness (QED) is 0.682. The van der Waals surface area contributed by atoms with Crippen LogP contribution in [0.3, 0.4) is 0 Å².